The van der Waals surface area contributed by atoms with Crippen LogP contribution in [0.3, 0.4) is 0 Å². The number of methoxy groups -OCH3 is 1. The van der Waals surface area contributed by atoms with E-state index in [1.807, 2.05) is 37.4 Å². The smallest absolute Gasteiger partial charge is 0.309 e. The summed E-state index contributed by atoms with van der Waals surface area (Å²) in [6.45, 7) is 1.94. The molecule has 0 unspecified atom stereocenters. The predicted molar refractivity (Wildman–Crippen MR) is 88.4 cm³/mol. The van der Waals surface area contributed by atoms with E-state index in [4.69, 9.17) is 9.84 Å². The van der Waals surface area contributed by atoms with Crippen molar-refractivity contribution in [2.75, 3.05) is 7.11 Å². The highest BCUT2D eigenvalue weighted by molar-refractivity contribution is 5.72. The molecule has 0 amide bonds. The van der Waals surface area contributed by atoms with Crippen molar-refractivity contribution in [3.63, 3.8) is 0 Å². The quantitative estimate of drug-likeness (QED) is 0.725. The zero-order valence-corrected chi connectivity index (χ0v) is 13.3. The van der Waals surface area contributed by atoms with Crippen LogP contribution in [0.15, 0.2) is 52.8 Å². The van der Waals surface area contributed by atoms with E-state index in [0.717, 1.165) is 5.56 Å². The maximum absolute atomic E-state index is 11.1. The lowest BCUT2D eigenvalue weighted by Gasteiger charge is -2.02. The number of ether oxygens (including phenoxy) is 1. The van der Waals surface area contributed by atoms with Crippen LogP contribution in [-0.4, -0.2) is 27.6 Å². The molecule has 7 nitrogen and oxygen atoms in total. The van der Waals surface area contributed by atoms with Crippen molar-refractivity contribution in [3.8, 4) is 5.75 Å². The molecule has 0 saturated heterocycles. The average Bonchev–Trinajstić information content (AvgIpc) is 2.89. The molecular formula is C17H16N4O3. The number of hydrogen-bond acceptors (Lipinski definition) is 5. The van der Waals surface area contributed by atoms with E-state index in [9.17, 15) is 4.79 Å². The van der Waals surface area contributed by atoms with Gasteiger partial charge in [0.2, 0.25) is 0 Å². The first-order valence-electron chi connectivity index (χ1n) is 7.32. The summed E-state index contributed by atoms with van der Waals surface area (Å²) in [5.41, 5.74) is 2.57. The van der Waals surface area contributed by atoms with E-state index in [1.54, 1.807) is 23.6 Å². The van der Waals surface area contributed by atoms with Crippen molar-refractivity contribution >= 4 is 23.1 Å². The van der Waals surface area contributed by atoms with Crippen LogP contribution in [0.1, 0.15) is 11.3 Å². The second-order valence-corrected chi connectivity index (χ2v) is 5.26. The number of imidazole rings is 1. The summed E-state index contributed by atoms with van der Waals surface area (Å²) in [5, 5.41) is 17.6. The number of carbonyl (C=O) groups is 1. The van der Waals surface area contributed by atoms with Gasteiger partial charge in [0.1, 0.15) is 17.1 Å². The van der Waals surface area contributed by atoms with Crippen molar-refractivity contribution in [2.24, 2.45) is 10.2 Å². The number of aryl methyl sites for hydroxylation is 1. The lowest BCUT2D eigenvalue weighted by Crippen LogP contribution is -2.00. The Kier molecular flexibility index (Phi) is 4.24. The van der Waals surface area contributed by atoms with Crippen LogP contribution in [0.5, 0.6) is 5.75 Å². The van der Waals surface area contributed by atoms with Gasteiger partial charge < -0.3 is 9.84 Å². The summed E-state index contributed by atoms with van der Waals surface area (Å²) in [6, 6.07) is 11.0. The third kappa shape index (κ3) is 3.10. The molecular weight excluding hydrogens is 308 g/mol. The Morgan fingerprint density at radius 3 is 2.79 bits per heavy atom. The lowest BCUT2D eigenvalue weighted by atomic mass is 10.3. The number of aliphatic carboxylic acids is 1. The molecule has 2 heterocycles. The van der Waals surface area contributed by atoms with E-state index >= 15 is 0 Å². The van der Waals surface area contributed by atoms with Crippen LogP contribution in [0.2, 0.25) is 0 Å². The Hall–Kier alpha value is -3.22. The van der Waals surface area contributed by atoms with Gasteiger partial charge in [-0.25, -0.2) is 4.98 Å². The van der Waals surface area contributed by atoms with Gasteiger partial charge in [0.05, 0.1) is 19.2 Å². The summed E-state index contributed by atoms with van der Waals surface area (Å²) in [4.78, 5) is 15.4. The number of nitrogens with zero attached hydrogens (tertiary/aromatic N) is 4. The molecule has 0 bridgehead atoms. The molecule has 7 heteroatoms. The molecule has 3 rings (SSSR count). The Balaban J connectivity index is 2.11. The van der Waals surface area contributed by atoms with Crippen LogP contribution >= 0.6 is 0 Å². The fourth-order valence-electron chi connectivity index (χ4n) is 2.37. The largest absolute Gasteiger partial charge is 0.494 e. The van der Waals surface area contributed by atoms with Gasteiger partial charge in [-0.3, -0.25) is 9.20 Å². The molecule has 0 fully saturated rings. The summed E-state index contributed by atoms with van der Waals surface area (Å²) in [7, 11) is 1.56. The zero-order chi connectivity index (χ0) is 17.1. The molecule has 1 N–H and O–H groups in total. The van der Waals surface area contributed by atoms with E-state index in [-0.39, 0.29) is 6.42 Å². The zero-order valence-electron chi connectivity index (χ0n) is 13.3. The van der Waals surface area contributed by atoms with Gasteiger partial charge in [-0.1, -0.05) is 18.2 Å². The Morgan fingerprint density at radius 2 is 2.04 bits per heavy atom. The summed E-state index contributed by atoms with van der Waals surface area (Å²) in [5.74, 6) is 0.0249. The molecule has 1 aromatic carbocycles. The molecule has 2 aromatic heterocycles. The maximum atomic E-state index is 11.1. The summed E-state index contributed by atoms with van der Waals surface area (Å²) >= 11 is 0. The number of rotatable bonds is 5. The van der Waals surface area contributed by atoms with Gasteiger partial charge in [-0.15, -0.1) is 10.2 Å². The highest BCUT2D eigenvalue weighted by Crippen LogP contribution is 2.30. The first-order chi connectivity index (χ1) is 11.6. The number of fused-ring (bicyclic) bond motifs is 1. The highest BCUT2D eigenvalue weighted by Gasteiger charge is 2.15. The molecule has 0 aliphatic carbocycles. The van der Waals surface area contributed by atoms with Gasteiger partial charge >= 0.3 is 5.97 Å². The highest BCUT2D eigenvalue weighted by atomic mass is 16.5. The number of pyridine rings is 1. The molecule has 24 heavy (non-hydrogen) atoms. The van der Waals surface area contributed by atoms with Crippen LogP contribution < -0.4 is 4.74 Å². The number of carboxylic acid groups (broad SMARTS) is 1. The number of carboxylic acids is 1. The van der Waals surface area contributed by atoms with Crippen molar-refractivity contribution in [3.05, 3.63) is 53.9 Å². The molecule has 122 valence electrons. The predicted octanol–water partition coefficient (Wildman–Crippen LogP) is 3.69. The second-order valence-electron chi connectivity index (χ2n) is 5.26. The number of aromatic nitrogens is 2. The van der Waals surface area contributed by atoms with E-state index in [2.05, 4.69) is 15.2 Å². The van der Waals surface area contributed by atoms with Crippen molar-refractivity contribution in [1.29, 1.82) is 0 Å². The molecule has 0 radical (unpaired) electrons. The normalized spacial score (nSPS) is 11.2. The SMILES string of the molecule is COc1ccccc1N=Nc1c(CC(=O)O)nc2ccc(C)cn12. The van der Waals surface area contributed by atoms with Gasteiger partial charge in [0.15, 0.2) is 5.82 Å². The van der Waals surface area contributed by atoms with Gasteiger partial charge in [0, 0.05) is 6.20 Å². The van der Waals surface area contributed by atoms with Gasteiger partial charge in [-0.05, 0) is 30.7 Å². The standard InChI is InChI=1S/C17H16N4O3/c1-11-7-8-15-18-13(9-16(22)23)17(21(15)10-11)20-19-12-5-3-4-6-14(12)24-2/h3-8,10H,9H2,1-2H3,(H,22,23). The van der Waals surface area contributed by atoms with Crippen LogP contribution in [0.25, 0.3) is 5.65 Å². The third-order valence-corrected chi connectivity index (χ3v) is 3.47. The van der Waals surface area contributed by atoms with E-state index in [0.29, 0.717) is 28.6 Å². The topological polar surface area (TPSA) is 88.5 Å². The molecule has 0 atom stereocenters. The van der Waals surface area contributed by atoms with Crippen molar-refractivity contribution < 1.29 is 14.6 Å². The number of para-hydroxylation sites is 1. The Labute approximate surface area is 138 Å². The lowest BCUT2D eigenvalue weighted by molar-refractivity contribution is -0.136. The number of benzene rings is 1. The summed E-state index contributed by atoms with van der Waals surface area (Å²) < 4.78 is 6.99. The molecule has 0 aliphatic rings. The fourth-order valence-corrected chi connectivity index (χ4v) is 2.37. The van der Waals surface area contributed by atoms with Crippen LogP contribution in [0.4, 0.5) is 11.5 Å². The maximum Gasteiger partial charge on any atom is 0.309 e. The fraction of sp³-hybridized carbons (Fsp3) is 0.176. The Morgan fingerprint density at radius 1 is 1.25 bits per heavy atom. The monoisotopic (exact) mass is 324 g/mol. The number of azo groups is 1. The van der Waals surface area contributed by atoms with Crippen LogP contribution in [-0.2, 0) is 11.2 Å². The first-order valence-corrected chi connectivity index (χ1v) is 7.32. The molecule has 0 aliphatic heterocycles. The van der Waals surface area contributed by atoms with E-state index in [1.165, 1.54) is 0 Å². The first kappa shape index (κ1) is 15.7. The summed E-state index contributed by atoms with van der Waals surface area (Å²) in [6.07, 6.45) is 1.63. The third-order valence-electron chi connectivity index (χ3n) is 3.47. The Bertz CT molecular complexity index is 931. The molecule has 0 saturated carbocycles. The minimum absolute atomic E-state index is 0.221. The second kappa shape index (κ2) is 6.49. The molecule has 3 aromatic rings. The average molecular weight is 324 g/mol. The van der Waals surface area contributed by atoms with Crippen molar-refractivity contribution in [2.45, 2.75) is 13.3 Å². The van der Waals surface area contributed by atoms with Gasteiger partial charge in [0.25, 0.3) is 0 Å². The van der Waals surface area contributed by atoms with Gasteiger partial charge in [-0.2, -0.15) is 0 Å². The minimum Gasteiger partial charge on any atom is -0.494 e. The van der Waals surface area contributed by atoms with Crippen LogP contribution in [0, 0.1) is 6.92 Å². The minimum atomic E-state index is -0.969. The molecule has 0 spiro atoms. The van der Waals surface area contributed by atoms with Crippen molar-refractivity contribution in [1.82, 2.24) is 9.38 Å². The number of hydrogen-bond donors (Lipinski definition) is 1. The van der Waals surface area contributed by atoms with E-state index < -0.39 is 5.97 Å².